The van der Waals surface area contributed by atoms with Crippen molar-refractivity contribution in [3.63, 3.8) is 0 Å². The predicted molar refractivity (Wildman–Crippen MR) is 99.2 cm³/mol. The van der Waals surface area contributed by atoms with Crippen LogP contribution in [0.4, 0.5) is 0 Å². The number of hydrogen-bond donors (Lipinski definition) is 1. The standard InChI is InChI=1S/C21H22O6/c1-4-5-6-7-8-9-16-11-15-12-18(23)21(3,20(25)17(15)13-26-16)27-19(24)10-14(2)22/h4-9,11-14,22H,10H2,1-3H3/b5-4+,7-6+,9-8-/t14-,21-/m0/s1. The van der Waals surface area contributed by atoms with Crippen LogP contribution in [0.2, 0.25) is 0 Å². The van der Waals surface area contributed by atoms with Gasteiger partial charge >= 0.3 is 5.97 Å². The highest BCUT2D eigenvalue weighted by Gasteiger charge is 2.49. The summed E-state index contributed by atoms with van der Waals surface area (Å²) in [6.45, 7) is 4.57. The molecule has 1 aliphatic heterocycles. The minimum Gasteiger partial charge on any atom is -0.464 e. The van der Waals surface area contributed by atoms with Crippen LogP contribution in [0.1, 0.15) is 27.2 Å². The largest absolute Gasteiger partial charge is 0.464 e. The molecule has 0 amide bonds. The molecule has 6 heteroatoms. The van der Waals surface area contributed by atoms with Crippen LogP contribution in [0.25, 0.3) is 0 Å². The van der Waals surface area contributed by atoms with Crippen molar-refractivity contribution in [2.24, 2.45) is 0 Å². The van der Waals surface area contributed by atoms with E-state index in [4.69, 9.17) is 9.47 Å². The molecule has 0 saturated heterocycles. The van der Waals surface area contributed by atoms with Gasteiger partial charge in [0.15, 0.2) is 0 Å². The topological polar surface area (TPSA) is 89.9 Å². The summed E-state index contributed by atoms with van der Waals surface area (Å²) in [4.78, 5) is 37.0. The highest BCUT2D eigenvalue weighted by molar-refractivity contribution is 6.26. The Labute approximate surface area is 157 Å². The summed E-state index contributed by atoms with van der Waals surface area (Å²) in [5.74, 6) is -1.65. The number of aliphatic hydroxyl groups is 1. The van der Waals surface area contributed by atoms with Crippen LogP contribution in [-0.4, -0.2) is 34.3 Å². The molecule has 2 rings (SSSR count). The Bertz CT molecular complexity index is 820. The third-order valence-electron chi connectivity index (χ3n) is 3.92. The van der Waals surface area contributed by atoms with Crippen LogP contribution >= 0.6 is 0 Å². The van der Waals surface area contributed by atoms with E-state index in [-0.39, 0.29) is 12.0 Å². The number of carbonyl (C=O) groups is 3. The number of Topliss-reactive ketones (excluding diaryl/α,β-unsaturated/α-hetero) is 1. The predicted octanol–water partition coefficient (Wildman–Crippen LogP) is 2.62. The van der Waals surface area contributed by atoms with Crippen LogP contribution < -0.4 is 0 Å². The van der Waals surface area contributed by atoms with E-state index in [1.165, 1.54) is 26.2 Å². The molecular weight excluding hydrogens is 348 g/mol. The first-order valence-corrected chi connectivity index (χ1v) is 8.53. The molecule has 1 heterocycles. The average molecular weight is 370 g/mol. The number of hydrogen-bond acceptors (Lipinski definition) is 6. The number of carbonyl (C=O) groups excluding carboxylic acids is 3. The zero-order valence-corrected chi connectivity index (χ0v) is 15.5. The summed E-state index contributed by atoms with van der Waals surface area (Å²) in [7, 11) is 0. The number of fused-ring (bicyclic) bond motifs is 1. The summed E-state index contributed by atoms with van der Waals surface area (Å²) in [6.07, 6.45) is 13.7. The van der Waals surface area contributed by atoms with Gasteiger partial charge in [-0.3, -0.25) is 14.4 Å². The van der Waals surface area contributed by atoms with E-state index in [2.05, 4.69) is 0 Å². The van der Waals surface area contributed by atoms with Crippen LogP contribution in [0.5, 0.6) is 0 Å². The van der Waals surface area contributed by atoms with Gasteiger partial charge in [0.05, 0.1) is 18.1 Å². The van der Waals surface area contributed by atoms with Gasteiger partial charge < -0.3 is 14.6 Å². The lowest BCUT2D eigenvalue weighted by Crippen LogP contribution is -2.50. The van der Waals surface area contributed by atoms with E-state index >= 15 is 0 Å². The van der Waals surface area contributed by atoms with Crippen LogP contribution in [0.15, 0.2) is 71.8 Å². The number of aliphatic hydroxyl groups excluding tert-OH is 1. The minimum absolute atomic E-state index is 0.156. The van der Waals surface area contributed by atoms with Gasteiger partial charge in [0.2, 0.25) is 17.2 Å². The zero-order chi connectivity index (χ0) is 20.0. The molecule has 2 aliphatic rings. The Kier molecular flexibility index (Phi) is 6.47. The van der Waals surface area contributed by atoms with Crippen molar-refractivity contribution < 1.29 is 29.0 Å². The van der Waals surface area contributed by atoms with E-state index in [9.17, 15) is 19.5 Å². The molecule has 6 nitrogen and oxygen atoms in total. The lowest BCUT2D eigenvalue weighted by Gasteiger charge is -2.31. The van der Waals surface area contributed by atoms with E-state index in [0.29, 0.717) is 11.3 Å². The van der Waals surface area contributed by atoms with Crippen LogP contribution in [0.3, 0.4) is 0 Å². The van der Waals surface area contributed by atoms with Crippen molar-refractivity contribution in [2.75, 3.05) is 0 Å². The smallest absolute Gasteiger partial charge is 0.309 e. The minimum atomic E-state index is -1.96. The summed E-state index contributed by atoms with van der Waals surface area (Å²) >= 11 is 0. The summed E-state index contributed by atoms with van der Waals surface area (Å²) < 4.78 is 10.5. The van der Waals surface area contributed by atoms with Crippen molar-refractivity contribution >= 4 is 17.5 Å². The zero-order valence-electron chi connectivity index (χ0n) is 15.5. The van der Waals surface area contributed by atoms with Gasteiger partial charge in [-0.25, -0.2) is 0 Å². The Morgan fingerprint density at radius 1 is 1.26 bits per heavy atom. The molecule has 0 aromatic rings. The summed E-state index contributed by atoms with van der Waals surface area (Å²) in [5, 5.41) is 9.27. The number of allylic oxidation sites excluding steroid dienone is 8. The Hall–Kier alpha value is -2.99. The van der Waals surface area contributed by atoms with Crippen molar-refractivity contribution in [3.05, 3.63) is 71.8 Å². The Morgan fingerprint density at radius 3 is 2.63 bits per heavy atom. The molecule has 1 aliphatic carbocycles. The fourth-order valence-corrected chi connectivity index (χ4v) is 2.50. The van der Waals surface area contributed by atoms with Crippen LogP contribution in [-0.2, 0) is 23.9 Å². The molecular formula is C21H22O6. The quantitative estimate of drug-likeness (QED) is 0.439. The van der Waals surface area contributed by atoms with Gasteiger partial charge in [0.25, 0.3) is 0 Å². The third-order valence-corrected chi connectivity index (χ3v) is 3.92. The molecule has 0 unspecified atom stereocenters. The van der Waals surface area contributed by atoms with Gasteiger partial charge in [-0.05, 0) is 44.6 Å². The van der Waals surface area contributed by atoms with Gasteiger partial charge in [-0.1, -0.05) is 30.4 Å². The second-order valence-electron chi connectivity index (χ2n) is 6.32. The van der Waals surface area contributed by atoms with Gasteiger partial charge in [0, 0.05) is 0 Å². The first-order chi connectivity index (χ1) is 12.8. The van der Waals surface area contributed by atoms with E-state index in [1.807, 2.05) is 31.2 Å². The molecule has 27 heavy (non-hydrogen) atoms. The van der Waals surface area contributed by atoms with Crippen molar-refractivity contribution in [2.45, 2.75) is 38.9 Å². The van der Waals surface area contributed by atoms with Crippen molar-refractivity contribution in [1.82, 2.24) is 0 Å². The maximum absolute atomic E-state index is 12.7. The molecule has 2 atom stereocenters. The third kappa shape index (κ3) is 4.80. The lowest BCUT2D eigenvalue weighted by atomic mass is 9.80. The normalized spacial score (nSPS) is 23.8. The second kappa shape index (κ2) is 8.60. The Balaban J connectivity index is 2.21. The van der Waals surface area contributed by atoms with Crippen molar-refractivity contribution in [3.8, 4) is 0 Å². The van der Waals surface area contributed by atoms with E-state index in [0.717, 1.165) is 0 Å². The van der Waals surface area contributed by atoms with Gasteiger partial charge in [-0.15, -0.1) is 0 Å². The number of ketones is 2. The first-order valence-electron chi connectivity index (χ1n) is 8.53. The lowest BCUT2D eigenvalue weighted by molar-refractivity contribution is -0.170. The van der Waals surface area contributed by atoms with E-state index < -0.39 is 29.2 Å². The molecule has 142 valence electrons. The van der Waals surface area contributed by atoms with E-state index in [1.54, 1.807) is 18.2 Å². The highest BCUT2D eigenvalue weighted by atomic mass is 16.6. The molecule has 0 bridgehead atoms. The average Bonchev–Trinajstić information content (AvgIpc) is 2.59. The monoisotopic (exact) mass is 370 g/mol. The Morgan fingerprint density at radius 2 is 1.96 bits per heavy atom. The number of rotatable bonds is 6. The second-order valence-corrected chi connectivity index (χ2v) is 6.32. The summed E-state index contributed by atoms with van der Waals surface area (Å²) in [6, 6.07) is 0. The van der Waals surface area contributed by atoms with Crippen LogP contribution in [0, 0.1) is 0 Å². The number of ether oxygens (including phenoxy) is 2. The molecule has 0 spiro atoms. The highest BCUT2D eigenvalue weighted by Crippen LogP contribution is 2.33. The van der Waals surface area contributed by atoms with Gasteiger partial charge in [-0.2, -0.15) is 0 Å². The van der Waals surface area contributed by atoms with Crippen molar-refractivity contribution in [1.29, 1.82) is 0 Å². The molecule has 0 radical (unpaired) electrons. The first kappa shape index (κ1) is 20.3. The maximum atomic E-state index is 12.7. The fourth-order valence-electron chi connectivity index (χ4n) is 2.50. The van der Waals surface area contributed by atoms with Gasteiger partial charge in [0.1, 0.15) is 12.0 Å². The summed E-state index contributed by atoms with van der Waals surface area (Å²) in [5.41, 5.74) is -1.40. The SMILES string of the molecule is C/C=C/C=C/C=C\C1=CC2=CC(=O)[C@](C)(OC(=O)C[C@H](C)O)C(=O)C2=CO1. The fraction of sp³-hybridized carbons (Fsp3) is 0.286. The maximum Gasteiger partial charge on any atom is 0.309 e. The molecule has 0 fully saturated rings. The molecule has 0 aromatic carbocycles. The molecule has 0 saturated carbocycles. The number of esters is 1. The molecule has 1 N–H and O–H groups in total. The molecule has 0 aromatic heterocycles.